The van der Waals surface area contributed by atoms with Crippen molar-refractivity contribution in [3.05, 3.63) is 35.4 Å². The van der Waals surface area contributed by atoms with Gasteiger partial charge in [0.1, 0.15) is 0 Å². The number of nitrogens with two attached hydrogens (primary N) is 1. The molecule has 0 aromatic heterocycles. The number of hydrogen-bond acceptors (Lipinski definition) is 3. The van der Waals surface area contributed by atoms with Gasteiger partial charge in [0.25, 0.3) is 0 Å². The maximum Gasteiger partial charge on any atom is 0.335 e. The molecule has 1 aromatic rings. The second-order valence-corrected chi connectivity index (χ2v) is 2.21. The van der Waals surface area contributed by atoms with E-state index in [1.54, 1.807) is 12.1 Å². The molecular weight excluding hydrogens is 156 g/mol. The molecule has 4 nitrogen and oxygen atoms in total. The number of carboxylic acids is 1. The van der Waals surface area contributed by atoms with Gasteiger partial charge in [-0.05, 0) is 17.7 Å². The molecule has 0 aliphatic heterocycles. The van der Waals surface area contributed by atoms with Gasteiger partial charge in [-0.25, -0.2) is 4.79 Å². The Bertz CT molecular complexity index is 303. The van der Waals surface area contributed by atoms with E-state index in [1.807, 2.05) is 0 Å². The first-order valence-corrected chi connectivity index (χ1v) is 3.30. The third-order valence-corrected chi connectivity index (χ3v) is 1.38. The minimum Gasteiger partial charge on any atom is -0.478 e. The fourth-order valence-electron chi connectivity index (χ4n) is 0.798. The summed E-state index contributed by atoms with van der Waals surface area (Å²) in [5.41, 5.74) is 1.03. The van der Waals surface area contributed by atoms with Gasteiger partial charge in [-0.2, -0.15) is 5.10 Å². The van der Waals surface area contributed by atoms with E-state index in [9.17, 15) is 4.79 Å². The van der Waals surface area contributed by atoms with Gasteiger partial charge in [0.2, 0.25) is 0 Å². The van der Waals surface area contributed by atoms with Crippen LogP contribution in [-0.2, 0) is 0 Å². The summed E-state index contributed by atoms with van der Waals surface area (Å²) >= 11 is 0. The molecule has 0 spiro atoms. The van der Waals surface area contributed by atoms with Gasteiger partial charge in [-0.3, -0.25) is 0 Å². The first-order valence-electron chi connectivity index (χ1n) is 3.30. The number of rotatable bonds is 2. The van der Waals surface area contributed by atoms with Crippen LogP contribution in [0.3, 0.4) is 0 Å². The maximum absolute atomic E-state index is 10.4. The van der Waals surface area contributed by atoms with E-state index >= 15 is 0 Å². The largest absolute Gasteiger partial charge is 0.478 e. The van der Waals surface area contributed by atoms with Crippen LogP contribution < -0.4 is 5.84 Å². The summed E-state index contributed by atoms with van der Waals surface area (Å²) in [6, 6.07) is 6.28. The van der Waals surface area contributed by atoms with Crippen LogP contribution in [0.1, 0.15) is 15.9 Å². The molecule has 0 heterocycles. The molecular formula is C8H8N2O2. The molecule has 4 heteroatoms. The Labute approximate surface area is 69.3 Å². The summed E-state index contributed by atoms with van der Waals surface area (Å²) in [6.45, 7) is 0. The molecule has 0 aliphatic rings. The number of benzene rings is 1. The molecule has 1 aromatic carbocycles. The molecule has 0 unspecified atom stereocenters. The summed E-state index contributed by atoms with van der Waals surface area (Å²) in [6.07, 6.45) is 1.45. The summed E-state index contributed by atoms with van der Waals surface area (Å²) in [5, 5.41) is 11.9. The van der Waals surface area contributed by atoms with Crippen molar-refractivity contribution in [2.24, 2.45) is 10.9 Å². The molecule has 0 aliphatic carbocycles. The van der Waals surface area contributed by atoms with Gasteiger partial charge < -0.3 is 10.9 Å². The topological polar surface area (TPSA) is 75.7 Å². The molecule has 0 radical (unpaired) electrons. The molecule has 0 atom stereocenters. The molecule has 0 saturated heterocycles. The fourth-order valence-corrected chi connectivity index (χ4v) is 0.798. The zero-order valence-electron chi connectivity index (χ0n) is 6.27. The lowest BCUT2D eigenvalue weighted by molar-refractivity contribution is 0.0697. The van der Waals surface area contributed by atoms with Crippen LogP contribution in [0.4, 0.5) is 0 Å². The van der Waals surface area contributed by atoms with Crippen LogP contribution in [0, 0.1) is 0 Å². The molecule has 0 amide bonds. The highest BCUT2D eigenvalue weighted by atomic mass is 16.4. The lowest BCUT2D eigenvalue weighted by atomic mass is 10.1. The number of hydrazone groups is 1. The first-order chi connectivity index (χ1) is 5.74. The van der Waals surface area contributed by atoms with Crippen molar-refractivity contribution < 1.29 is 9.90 Å². The average molecular weight is 164 g/mol. The fraction of sp³-hybridized carbons (Fsp3) is 0. The third-order valence-electron chi connectivity index (χ3n) is 1.38. The highest BCUT2D eigenvalue weighted by Crippen LogP contribution is 2.01. The summed E-state index contributed by atoms with van der Waals surface area (Å²) in [7, 11) is 0. The van der Waals surface area contributed by atoms with Crippen LogP contribution in [-0.4, -0.2) is 17.3 Å². The van der Waals surface area contributed by atoms with Crippen molar-refractivity contribution in [1.29, 1.82) is 0 Å². The lowest BCUT2D eigenvalue weighted by Gasteiger charge is -1.93. The zero-order chi connectivity index (χ0) is 8.97. The molecule has 62 valence electrons. The molecule has 0 fully saturated rings. The second-order valence-electron chi connectivity index (χ2n) is 2.21. The second kappa shape index (κ2) is 3.52. The smallest absolute Gasteiger partial charge is 0.335 e. The maximum atomic E-state index is 10.4. The Kier molecular flexibility index (Phi) is 2.42. The summed E-state index contributed by atoms with van der Waals surface area (Å²) in [5.74, 6) is 3.97. The summed E-state index contributed by atoms with van der Waals surface area (Å²) in [4.78, 5) is 10.4. The van der Waals surface area contributed by atoms with Crippen LogP contribution >= 0.6 is 0 Å². The standard InChI is InChI=1S/C8H8N2O2/c9-10-5-6-1-3-7(4-2-6)8(11)12/h1-5H,9H2,(H,11,12)/b10-5+. The van der Waals surface area contributed by atoms with Crippen molar-refractivity contribution in [3.8, 4) is 0 Å². The highest BCUT2D eigenvalue weighted by molar-refractivity contribution is 5.89. The molecule has 0 saturated carbocycles. The number of nitrogens with zero attached hydrogens (tertiary/aromatic N) is 1. The van der Waals surface area contributed by atoms with Crippen molar-refractivity contribution in [2.45, 2.75) is 0 Å². The van der Waals surface area contributed by atoms with Crippen molar-refractivity contribution in [3.63, 3.8) is 0 Å². The van der Waals surface area contributed by atoms with Crippen LogP contribution in [0.2, 0.25) is 0 Å². The predicted molar refractivity (Wildman–Crippen MR) is 45.2 cm³/mol. The monoisotopic (exact) mass is 164 g/mol. The van der Waals surface area contributed by atoms with Gasteiger partial charge in [0.05, 0.1) is 11.8 Å². The quantitative estimate of drug-likeness (QED) is 0.383. The van der Waals surface area contributed by atoms with E-state index in [-0.39, 0.29) is 5.56 Å². The molecule has 1 rings (SSSR count). The van der Waals surface area contributed by atoms with Crippen molar-refractivity contribution >= 4 is 12.2 Å². The van der Waals surface area contributed by atoms with E-state index in [1.165, 1.54) is 18.3 Å². The van der Waals surface area contributed by atoms with Gasteiger partial charge in [-0.1, -0.05) is 12.1 Å². The van der Waals surface area contributed by atoms with E-state index in [0.717, 1.165) is 5.56 Å². The Morgan fingerprint density at radius 3 is 2.42 bits per heavy atom. The SMILES string of the molecule is N/N=C/c1ccc(C(=O)O)cc1. The van der Waals surface area contributed by atoms with Gasteiger partial charge in [0.15, 0.2) is 0 Å². The zero-order valence-corrected chi connectivity index (χ0v) is 6.27. The molecule has 12 heavy (non-hydrogen) atoms. The third kappa shape index (κ3) is 1.82. The summed E-state index contributed by atoms with van der Waals surface area (Å²) < 4.78 is 0. The lowest BCUT2D eigenvalue weighted by Crippen LogP contribution is -1.96. The molecule has 0 bridgehead atoms. The van der Waals surface area contributed by atoms with Crippen LogP contribution in [0.15, 0.2) is 29.4 Å². The van der Waals surface area contributed by atoms with Crippen molar-refractivity contribution in [1.82, 2.24) is 0 Å². The Balaban J connectivity index is 2.93. The number of carboxylic acid groups (broad SMARTS) is 1. The van der Waals surface area contributed by atoms with E-state index in [4.69, 9.17) is 10.9 Å². The highest BCUT2D eigenvalue weighted by Gasteiger charge is 1.99. The Hall–Kier alpha value is -1.84. The van der Waals surface area contributed by atoms with Crippen LogP contribution in [0.5, 0.6) is 0 Å². The van der Waals surface area contributed by atoms with E-state index < -0.39 is 5.97 Å². The number of hydrogen-bond donors (Lipinski definition) is 2. The van der Waals surface area contributed by atoms with E-state index in [0.29, 0.717) is 0 Å². The minimum atomic E-state index is -0.939. The predicted octanol–water partition coefficient (Wildman–Crippen LogP) is 0.677. The van der Waals surface area contributed by atoms with Gasteiger partial charge in [-0.15, -0.1) is 0 Å². The average Bonchev–Trinajstić information content (AvgIpc) is 2.06. The first kappa shape index (κ1) is 8.26. The van der Waals surface area contributed by atoms with Gasteiger partial charge >= 0.3 is 5.97 Å². The Morgan fingerprint density at radius 2 is 2.00 bits per heavy atom. The number of aromatic carboxylic acids is 1. The minimum absolute atomic E-state index is 0.254. The van der Waals surface area contributed by atoms with E-state index in [2.05, 4.69) is 5.10 Å². The van der Waals surface area contributed by atoms with Gasteiger partial charge in [0, 0.05) is 0 Å². The molecule has 3 N–H and O–H groups in total. The normalized spacial score (nSPS) is 10.3. The Morgan fingerprint density at radius 1 is 1.42 bits per heavy atom. The number of carbonyl (C=O) groups is 1. The van der Waals surface area contributed by atoms with Crippen molar-refractivity contribution in [2.75, 3.05) is 0 Å². The van der Waals surface area contributed by atoms with Crippen LogP contribution in [0.25, 0.3) is 0 Å².